The van der Waals surface area contributed by atoms with Crippen molar-refractivity contribution in [3.05, 3.63) is 139 Å². The number of aromatic nitrogens is 3. The van der Waals surface area contributed by atoms with Crippen LogP contribution >= 0.6 is 0 Å². The average Bonchev–Trinajstić information content (AvgIpc) is 3.48. The van der Waals surface area contributed by atoms with E-state index in [0.717, 1.165) is 54.2 Å². The molecular formula is C39H23N3O. The van der Waals surface area contributed by atoms with Crippen LogP contribution < -0.4 is 0 Å². The predicted octanol–water partition coefficient (Wildman–Crippen LogP) is 10.2. The van der Waals surface area contributed by atoms with E-state index in [-0.39, 0.29) is 23.5 Å². The van der Waals surface area contributed by atoms with Gasteiger partial charge in [-0.25, -0.2) is 15.0 Å². The first-order chi connectivity index (χ1) is 23.4. The third kappa shape index (κ3) is 3.88. The summed E-state index contributed by atoms with van der Waals surface area (Å²) >= 11 is 0. The standard InChI is InChI=1S/C39H23N3O/c1-2-10-24(11-3-1)37-40-38(28-18-19-35-32(22-28)33-20-25-12-4-5-13-26(25)23-36(33)43-35)42-39(41-37)34-21-27-14-6-7-15-29(27)30-16-8-9-17-31(30)34/h1-23H/i1D,2D,3D,10D,11D. The van der Waals surface area contributed by atoms with Gasteiger partial charge in [-0.05, 0) is 68.7 Å². The predicted molar refractivity (Wildman–Crippen MR) is 176 cm³/mol. The van der Waals surface area contributed by atoms with Crippen LogP contribution in [-0.4, -0.2) is 15.0 Å². The fourth-order valence-electron chi connectivity index (χ4n) is 5.94. The minimum atomic E-state index is -0.478. The summed E-state index contributed by atoms with van der Waals surface area (Å²) in [6, 6.07) is 34.0. The molecule has 0 saturated carbocycles. The van der Waals surface area contributed by atoms with Crippen molar-refractivity contribution in [2.75, 3.05) is 0 Å². The van der Waals surface area contributed by atoms with E-state index in [0.29, 0.717) is 22.8 Å². The summed E-state index contributed by atoms with van der Waals surface area (Å²) in [7, 11) is 0. The van der Waals surface area contributed by atoms with Crippen LogP contribution in [0.25, 0.3) is 88.4 Å². The molecule has 0 aliphatic rings. The van der Waals surface area contributed by atoms with Gasteiger partial charge < -0.3 is 4.42 Å². The summed E-state index contributed by atoms with van der Waals surface area (Å²) in [5.41, 5.74) is 2.80. The first-order valence-corrected chi connectivity index (χ1v) is 14.0. The Balaban J connectivity index is 1.34. The number of hydrogen-bond acceptors (Lipinski definition) is 4. The van der Waals surface area contributed by atoms with E-state index in [2.05, 4.69) is 30.3 Å². The quantitative estimate of drug-likeness (QED) is 0.204. The fraction of sp³-hybridized carbons (Fsp3) is 0. The van der Waals surface area contributed by atoms with Gasteiger partial charge in [-0.1, -0.05) is 103 Å². The number of rotatable bonds is 3. The number of fused-ring (bicyclic) bond motifs is 7. The maximum Gasteiger partial charge on any atom is 0.164 e. The van der Waals surface area contributed by atoms with E-state index >= 15 is 0 Å². The summed E-state index contributed by atoms with van der Waals surface area (Å²) in [5.74, 6) is 0.621. The van der Waals surface area contributed by atoms with Gasteiger partial charge in [-0.3, -0.25) is 0 Å². The molecule has 9 aromatic rings. The van der Waals surface area contributed by atoms with Crippen LogP contribution in [0.3, 0.4) is 0 Å². The van der Waals surface area contributed by atoms with Crippen LogP contribution in [0, 0.1) is 0 Å². The molecule has 0 aliphatic carbocycles. The van der Waals surface area contributed by atoms with E-state index in [9.17, 15) is 0 Å². The maximum atomic E-state index is 8.72. The van der Waals surface area contributed by atoms with Crippen LogP contribution in [0.2, 0.25) is 0 Å². The molecule has 9 rings (SSSR count). The summed E-state index contributed by atoms with van der Waals surface area (Å²) in [5, 5.41) is 8.03. The minimum Gasteiger partial charge on any atom is -0.456 e. The van der Waals surface area contributed by atoms with E-state index in [4.69, 9.17) is 26.2 Å². The van der Waals surface area contributed by atoms with Crippen molar-refractivity contribution in [3.63, 3.8) is 0 Å². The monoisotopic (exact) mass is 554 g/mol. The summed E-state index contributed by atoms with van der Waals surface area (Å²) in [6.07, 6.45) is 0. The van der Waals surface area contributed by atoms with Crippen molar-refractivity contribution in [2.24, 2.45) is 0 Å². The second-order valence-electron chi connectivity index (χ2n) is 10.5. The number of hydrogen-bond donors (Lipinski definition) is 0. The van der Waals surface area contributed by atoms with Crippen molar-refractivity contribution >= 4 is 54.3 Å². The fourth-order valence-corrected chi connectivity index (χ4v) is 5.94. The van der Waals surface area contributed by atoms with Crippen LogP contribution in [0.1, 0.15) is 6.85 Å². The molecule has 7 aromatic carbocycles. The molecule has 0 aliphatic heterocycles. The molecule has 0 N–H and O–H groups in total. The molecule has 0 amide bonds. The van der Waals surface area contributed by atoms with Crippen LogP contribution in [0.4, 0.5) is 0 Å². The Bertz CT molecular complexity index is 2780. The first-order valence-electron chi connectivity index (χ1n) is 16.5. The molecule has 0 radical (unpaired) electrons. The van der Waals surface area contributed by atoms with Crippen molar-refractivity contribution in [1.29, 1.82) is 0 Å². The van der Waals surface area contributed by atoms with Gasteiger partial charge >= 0.3 is 0 Å². The van der Waals surface area contributed by atoms with Crippen molar-refractivity contribution in [2.45, 2.75) is 0 Å². The topological polar surface area (TPSA) is 51.8 Å². The molecule has 0 spiro atoms. The second-order valence-corrected chi connectivity index (χ2v) is 10.5. The van der Waals surface area contributed by atoms with Crippen LogP contribution in [0.15, 0.2) is 144 Å². The molecule has 2 aromatic heterocycles. The van der Waals surface area contributed by atoms with Gasteiger partial charge in [-0.2, -0.15) is 0 Å². The number of benzene rings is 7. The molecule has 0 atom stereocenters. The lowest BCUT2D eigenvalue weighted by molar-refractivity contribution is 0.669. The van der Waals surface area contributed by atoms with E-state index in [1.807, 2.05) is 78.9 Å². The van der Waals surface area contributed by atoms with Crippen molar-refractivity contribution in [1.82, 2.24) is 15.0 Å². The highest BCUT2D eigenvalue weighted by Gasteiger charge is 2.17. The third-order valence-corrected chi connectivity index (χ3v) is 7.96. The smallest absolute Gasteiger partial charge is 0.164 e. The van der Waals surface area contributed by atoms with Gasteiger partial charge in [0.25, 0.3) is 0 Å². The number of nitrogens with zero attached hydrogens (tertiary/aromatic N) is 3. The van der Waals surface area contributed by atoms with Gasteiger partial charge in [0, 0.05) is 27.5 Å². The van der Waals surface area contributed by atoms with E-state index < -0.39 is 18.1 Å². The molecule has 4 heteroatoms. The maximum absolute atomic E-state index is 8.72. The Morgan fingerprint density at radius 1 is 0.442 bits per heavy atom. The van der Waals surface area contributed by atoms with Crippen molar-refractivity contribution in [3.8, 4) is 34.2 Å². The zero-order valence-electron chi connectivity index (χ0n) is 27.6. The van der Waals surface area contributed by atoms with Crippen LogP contribution in [-0.2, 0) is 0 Å². The highest BCUT2D eigenvalue weighted by Crippen LogP contribution is 2.37. The Morgan fingerprint density at radius 2 is 1.07 bits per heavy atom. The lowest BCUT2D eigenvalue weighted by atomic mass is 9.97. The van der Waals surface area contributed by atoms with Gasteiger partial charge in [0.2, 0.25) is 0 Å². The summed E-state index contributed by atoms with van der Waals surface area (Å²) in [4.78, 5) is 14.6. The Kier molecular flexibility index (Phi) is 4.18. The Hall–Kier alpha value is -5.87. The molecule has 2 heterocycles. The molecule has 4 nitrogen and oxygen atoms in total. The molecule has 0 bridgehead atoms. The van der Waals surface area contributed by atoms with Gasteiger partial charge in [0.15, 0.2) is 17.5 Å². The average molecular weight is 555 g/mol. The molecule has 0 fully saturated rings. The minimum absolute atomic E-state index is 0.00705. The normalized spacial score (nSPS) is 13.3. The summed E-state index contributed by atoms with van der Waals surface area (Å²) in [6.45, 7) is 0. The molecule has 43 heavy (non-hydrogen) atoms. The highest BCUT2D eigenvalue weighted by molar-refractivity contribution is 6.13. The molecular weight excluding hydrogens is 526 g/mol. The number of furan rings is 1. The van der Waals surface area contributed by atoms with Crippen LogP contribution in [0.5, 0.6) is 0 Å². The Labute approximate surface area is 253 Å². The lowest BCUT2D eigenvalue weighted by Gasteiger charge is -2.12. The largest absolute Gasteiger partial charge is 0.456 e. The first kappa shape index (κ1) is 19.3. The third-order valence-electron chi connectivity index (χ3n) is 7.96. The SMILES string of the molecule is [2H]c1c([2H])c([2H])c(-c2nc(-c3ccc4oc5cc6ccccc6cc5c4c3)nc(-c3cc4ccccc4c4ccccc34)n2)c([2H])c1[2H]. The highest BCUT2D eigenvalue weighted by atomic mass is 16.3. The molecule has 200 valence electrons. The van der Waals surface area contributed by atoms with Gasteiger partial charge in [-0.15, -0.1) is 0 Å². The van der Waals surface area contributed by atoms with Gasteiger partial charge in [0.05, 0.1) is 6.85 Å². The van der Waals surface area contributed by atoms with Gasteiger partial charge in [0.1, 0.15) is 11.2 Å². The zero-order chi connectivity index (χ0) is 32.7. The Morgan fingerprint density at radius 3 is 1.88 bits per heavy atom. The lowest BCUT2D eigenvalue weighted by Crippen LogP contribution is -2.00. The van der Waals surface area contributed by atoms with E-state index in [1.54, 1.807) is 0 Å². The van der Waals surface area contributed by atoms with E-state index in [1.165, 1.54) is 0 Å². The zero-order valence-corrected chi connectivity index (χ0v) is 22.6. The van der Waals surface area contributed by atoms with Crippen molar-refractivity contribution < 1.29 is 11.3 Å². The molecule has 0 saturated heterocycles. The summed E-state index contributed by atoms with van der Waals surface area (Å²) < 4.78 is 48.5. The second kappa shape index (κ2) is 9.33. The molecule has 0 unspecified atom stereocenters.